The first-order valence-corrected chi connectivity index (χ1v) is 11.0. The largest absolute Gasteiger partial charge is 0.472 e. The first-order valence-electron chi connectivity index (χ1n) is 11.0. The Hall–Kier alpha value is -2.93. The van der Waals surface area contributed by atoms with Gasteiger partial charge in [0.25, 0.3) is 0 Å². The summed E-state index contributed by atoms with van der Waals surface area (Å²) in [6, 6.07) is 6.32. The minimum absolute atomic E-state index is 0.0920. The van der Waals surface area contributed by atoms with Gasteiger partial charge < -0.3 is 13.9 Å². The molecule has 1 amide bonds. The number of pyridine rings is 1. The number of nitrogens with zero attached hydrogens (tertiary/aromatic N) is 5. The van der Waals surface area contributed by atoms with E-state index in [0.717, 1.165) is 49.4 Å². The molecule has 2 fully saturated rings. The van der Waals surface area contributed by atoms with Gasteiger partial charge in [0.05, 0.1) is 30.0 Å². The zero-order valence-corrected chi connectivity index (χ0v) is 18.1. The van der Waals surface area contributed by atoms with Crippen molar-refractivity contribution < 1.29 is 9.21 Å². The van der Waals surface area contributed by atoms with E-state index >= 15 is 0 Å². The van der Waals surface area contributed by atoms with Gasteiger partial charge in [0.15, 0.2) is 0 Å². The molecule has 162 valence electrons. The summed E-state index contributed by atoms with van der Waals surface area (Å²) in [6.07, 6.45) is 12.0. The van der Waals surface area contributed by atoms with Gasteiger partial charge in [-0.05, 0) is 44.0 Å². The number of aromatic nitrogens is 3. The lowest BCUT2D eigenvalue weighted by Gasteiger charge is -2.28. The van der Waals surface area contributed by atoms with E-state index in [2.05, 4.69) is 34.5 Å². The van der Waals surface area contributed by atoms with Gasteiger partial charge in [0.2, 0.25) is 5.91 Å². The molecule has 0 saturated carbocycles. The third-order valence-corrected chi connectivity index (χ3v) is 6.84. The van der Waals surface area contributed by atoms with Crippen molar-refractivity contribution in [1.29, 1.82) is 0 Å². The van der Waals surface area contributed by atoms with Crippen molar-refractivity contribution in [2.24, 2.45) is 5.41 Å². The Morgan fingerprint density at radius 3 is 2.74 bits per heavy atom. The monoisotopic (exact) mass is 419 g/mol. The van der Waals surface area contributed by atoms with E-state index in [1.54, 1.807) is 24.9 Å². The lowest BCUT2D eigenvalue weighted by molar-refractivity contribution is -0.136. The number of likely N-dealkylation sites (tertiary alicyclic amines) is 2. The van der Waals surface area contributed by atoms with E-state index in [4.69, 9.17) is 9.40 Å². The van der Waals surface area contributed by atoms with Crippen LogP contribution in [-0.2, 0) is 17.9 Å². The number of hydrogen-bond acceptors (Lipinski definition) is 5. The molecule has 3 aromatic heterocycles. The van der Waals surface area contributed by atoms with E-state index in [0.29, 0.717) is 12.6 Å². The summed E-state index contributed by atoms with van der Waals surface area (Å²) in [5.41, 5.74) is 2.87. The molecule has 0 unspecified atom stereocenters. The standard InChI is InChI=1S/C24H29N5O2/c1-18(2)29-14-22(26-17-29)21-13-27(11-20-5-10-31-15-20)16-24(21)6-9-28(23(24)30)12-19-3-7-25-8-4-19/h3-5,7-8,10,14-15,17-18,21H,6,9,11-13,16H2,1-2H3/t21-,24-/m1/s1. The molecule has 0 aromatic carbocycles. The van der Waals surface area contributed by atoms with Gasteiger partial charge in [-0.25, -0.2) is 4.98 Å². The fourth-order valence-electron chi connectivity index (χ4n) is 5.15. The van der Waals surface area contributed by atoms with Gasteiger partial charge in [-0.2, -0.15) is 0 Å². The SMILES string of the molecule is CC(C)n1cnc([C@H]2CN(Cc3ccoc3)C[C@]23CCN(Cc2ccncc2)C3=O)c1. The highest BCUT2D eigenvalue weighted by atomic mass is 16.3. The van der Waals surface area contributed by atoms with Crippen LogP contribution < -0.4 is 0 Å². The van der Waals surface area contributed by atoms with E-state index in [1.165, 1.54) is 0 Å². The second kappa shape index (κ2) is 7.96. The summed E-state index contributed by atoms with van der Waals surface area (Å²) in [7, 11) is 0. The van der Waals surface area contributed by atoms with Crippen LogP contribution in [0.4, 0.5) is 0 Å². The van der Waals surface area contributed by atoms with Gasteiger partial charge in [-0.1, -0.05) is 0 Å². The molecule has 5 heterocycles. The molecule has 0 aliphatic carbocycles. The third-order valence-electron chi connectivity index (χ3n) is 6.84. The summed E-state index contributed by atoms with van der Waals surface area (Å²) in [5, 5.41) is 0. The summed E-state index contributed by atoms with van der Waals surface area (Å²) < 4.78 is 7.40. The zero-order chi connectivity index (χ0) is 21.4. The van der Waals surface area contributed by atoms with Crippen LogP contribution in [-0.4, -0.2) is 49.9 Å². The van der Waals surface area contributed by atoms with Gasteiger partial charge in [-0.3, -0.25) is 14.7 Å². The molecule has 1 spiro atoms. The smallest absolute Gasteiger partial charge is 0.231 e. The van der Waals surface area contributed by atoms with Gasteiger partial charge in [0.1, 0.15) is 0 Å². The molecule has 5 rings (SSSR count). The number of hydrogen-bond donors (Lipinski definition) is 0. The molecular weight excluding hydrogens is 390 g/mol. The van der Waals surface area contributed by atoms with Crippen LogP contribution >= 0.6 is 0 Å². The highest BCUT2D eigenvalue weighted by molar-refractivity contribution is 5.86. The third kappa shape index (κ3) is 3.67. The maximum Gasteiger partial charge on any atom is 0.231 e. The maximum atomic E-state index is 13.8. The molecule has 2 aliphatic heterocycles. The van der Waals surface area contributed by atoms with Crippen LogP contribution in [0.3, 0.4) is 0 Å². The highest BCUT2D eigenvalue weighted by Gasteiger charge is 2.57. The summed E-state index contributed by atoms with van der Waals surface area (Å²) >= 11 is 0. The second-order valence-corrected chi connectivity index (χ2v) is 9.18. The summed E-state index contributed by atoms with van der Waals surface area (Å²) in [6.45, 7) is 8.09. The Kier molecular flexibility index (Phi) is 5.14. The van der Waals surface area contributed by atoms with Crippen molar-refractivity contribution in [3.8, 4) is 0 Å². The molecule has 31 heavy (non-hydrogen) atoms. The number of carbonyl (C=O) groups is 1. The predicted molar refractivity (Wildman–Crippen MR) is 116 cm³/mol. The molecule has 0 bridgehead atoms. The molecule has 2 atom stereocenters. The van der Waals surface area contributed by atoms with Gasteiger partial charge >= 0.3 is 0 Å². The van der Waals surface area contributed by atoms with Crippen LogP contribution in [0, 0.1) is 5.41 Å². The minimum Gasteiger partial charge on any atom is -0.472 e. The normalized spacial score (nSPS) is 24.2. The molecule has 0 N–H and O–H groups in total. The van der Waals surface area contributed by atoms with Crippen molar-refractivity contribution >= 4 is 5.91 Å². The predicted octanol–water partition coefficient (Wildman–Crippen LogP) is 3.47. The molecule has 0 radical (unpaired) electrons. The van der Waals surface area contributed by atoms with Gasteiger partial charge in [-0.15, -0.1) is 0 Å². The van der Waals surface area contributed by atoms with Crippen LogP contribution in [0.15, 0.2) is 60.1 Å². The molecule has 3 aromatic rings. The second-order valence-electron chi connectivity index (χ2n) is 9.18. The minimum atomic E-state index is -0.424. The topological polar surface area (TPSA) is 67.4 Å². The van der Waals surface area contributed by atoms with E-state index in [9.17, 15) is 4.79 Å². The summed E-state index contributed by atoms with van der Waals surface area (Å²) in [4.78, 5) is 27.1. The quantitative estimate of drug-likeness (QED) is 0.612. The number of amides is 1. The van der Waals surface area contributed by atoms with Crippen molar-refractivity contribution in [2.45, 2.75) is 45.3 Å². The van der Waals surface area contributed by atoms with Crippen molar-refractivity contribution in [3.05, 3.63) is 72.5 Å². The van der Waals surface area contributed by atoms with E-state index < -0.39 is 5.41 Å². The lowest BCUT2D eigenvalue weighted by atomic mass is 9.75. The molecule has 2 aliphatic rings. The first-order chi connectivity index (χ1) is 15.0. The van der Waals surface area contributed by atoms with Crippen LogP contribution in [0.2, 0.25) is 0 Å². The average Bonchev–Trinajstić information content (AvgIpc) is 3.55. The first kappa shape index (κ1) is 20.0. The van der Waals surface area contributed by atoms with E-state index in [1.807, 2.05) is 29.4 Å². The zero-order valence-electron chi connectivity index (χ0n) is 18.1. The van der Waals surface area contributed by atoms with Crippen LogP contribution in [0.25, 0.3) is 0 Å². The molecule has 7 nitrogen and oxygen atoms in total. The Balaban J connectivity index is 1.43. The number of carbonyl (C=O) groups excluding carboxylic acids is 1. The van der Waals surface area contributed by atoms with Crippen molar-refractivity contribution in [1.82, 2.24) is 24.3 Å². The number of imidazole rings is 1. The average molecular weight is 420 g/mol. The lowest BCUT2D eigenvalue weighted by Crippen LogP contribution is -2.39. The molecule has 7 heteroatoms. The van der Waals surface area contributed by atoms with Gasteiger partial charge in [0, 0.05) is 68.8 Å². The number of furan rings is 1. The Bertz CT molecular complexity index is 1030. The summed E-state index contributed by atoms with van der Waals surface area (Å²) in [5.74, 6) is 0.345. The molecular formula is C24H29N5O2. The fourth-order valence-corrected chi connectivity index (χ4v) is 5.15. The Morgan fingerprint density at radius 2 is 2.03 bits per heavy atom. The Labute approximate surface area is 182 Å². The Morgan fingerprint density at radius 1 is 1.19 bits per heavy atom. The molecule has 2 saturated heterocycles. The van der Waals surface area contributed by atoms with E-state index in [-0.39, 0.29) is 11.8 Å². The van der Waals surface area contributed by atoms with Crippen molar-refractivity contribution in [2.75, 3.05) is 19.6 Å². The fraction of sp³-hybridized carbons (Fsp3) is 0.458. The number of rotatable bonds is 6. The van der Waals surface area contributed by atoms with Crippen LogP contribution in [0.1, 0.15) is 49.0 Å². The highest BCUT2D eigenvalue weighted by Crippen LogP contribution is 2.50. The van der Waals surface area contributed by atoms with Crippen LogP contribution in [0.5, 0.6) is 0 Å². The maximum absolute atomic E-state index is 13.8. The van der Waals surface area contributed by atoms with Crippen molar-refractivity contribution in [3.63, 3.8) is 0 Å².